The summed E-state index contributed by atoms with van der Waals surface area (Å²) in [6.45, 7) is 0. The number of alkyl halides is 2. The third kappa shape index (κ3) is 1.43. The highest BCUT2D eigenvalue weighted by molar-refractivity contribution is 5.71. The molecular formula is C6H8F2O2. The van der Waals surface area contributed by atoms with Gasteiger partial charge in [-0.1, -0.05) is 0 Å². The lowest BCUT2D eigenvalue weighted by Gasteiger charge is -2.07. The Morgan fingerprint density at radius 3 is 2.10 bits per heavy atom. The summed E-state index contributed by atoms with van der Waals surface area (Å²) in [6, 6.07) is 0. The smallest absolute Gasteiger partial charge is 0.312 e. The molecule has 1 N–H and O–H groups in total. The van der Waals surface area contributed by atoms with E-state index in [0.717, 1.165) is 0 Å². The van der Waals surface area contributed by atoms with Crippen LogP contribution in [0.25, 0.3) is 0 Å². The molecule has 0 spiro atoms. The predicted molar refractivity (Wildman–Crippen MR) is 29.9 cm³/mol. The first kappa shape index (κ1) is 7.44. The topological polar surface area (TPSA) is 37.3 Å². The summed E-state index contributed by atoms with van der Waals surface area (Å²) in [5.74, 6) is -3.05. The van der Waals surface area contributed by atoms with Crippen molar-refractivity contribution in [2.75, 3.05) is 0 Å². The van der Waals surface area contributed by atoms with Crippen LogP contribution in [0.3, 0.4) is 0 Å². The van der Waals surface area contributed by atoms with E-state index in [9.17, 15) is 13.6 Å². The van der Waals surface area contributed by atoms with Crippen molar-refractivity contribution in [1.82, 2.24) is 0 Å². The molecule has 0 saturated heterocycles. The van der Waals surface area contributed by atoms with E-state index in [4.69, 9.17) is 5.11 Å². The molecule has 1 saturated carbocycles. The lowest BCUT2D eigenvalue weighted by atomic mass is 10.1. The highest BCUT2D eigenvalue weighted by atomic mass is 19.3. The number of carboxylic acids is 1. The SMILES string of the molecule is O=C(O)C(C(F)F)C1CC1. The van der Waals surface area contributed by atoms with Crippen LogP contribution in [0.2, 0.25) is 0 Å². The standard InChI is InChI=1S/C6H8F2O2/c7-5(8)4(6(9)10)3-1-2-3/h3-5H,1-2H2,(H,9,10). The van der Waals surface area contributed by atoms with E-state index < -0.39 is 18.3 Å². The van der Waals surface area contributed by atoms with E-state index in [1.165, 1.54) is 0 Å². The molecule has 1 atom stereocenters. The molecular weight excluding hydrogens is 142 g/mol. The molecule has 4 heteroatoms. The third-order valence-corrected chi connectivity index (χ3v) is 1.69. The molecule has 0 aromatic rings. The van der Waals surface area contributed by atoms with Gasteiger partial charge in [-0.2, -0.15) is 0 Å². The maximum atomic E-state index is 11.9. The highest BCUT2D eigenvalue weighted by Crippen LogP contribution is 2.39. The van der Waals surface area contributed by atoms with E-state index in [-0.39, 0.29) is 5.92 Å². The monoisotopic (exact) mass is 150 g/mol. The second kappa shape index (κ2) is 2.52. The van der Waals surface area contributed by atoms with E-state index in [1.54, 1.807) is 0 Å². The van der Waals surface area contributed by atoms with Crippen molar-refractivity contribution in [3.05, 3.63) is 0 Å². The average Bonchev–Trinajstić information content (AvgIpc) is 2.46. The molecule has 1 rings (SSSR count). The first-order valence-corrected chi connectivity index (χ1v) is 3.14. The predicted octanol–water partition coefficient (Wildman–Crippen LogP) is 1.36. The highest BCUT2D eigenvalue weighted by Gasteiger charge is 2.42. The second-order valence-corrected chi connectivity index (χ2v) is 2.54. The summed E-state index contributed by atoms with van der Waals surface area (Å²) >= 11 is 0. The van der Waals surface area contributed by atoms with Crippen LogP contribution < -0.4 is 0 Å². The van der Waals surface area contributed by atoms with Gasteiger partial charge in [0.2, 0.25) is 0 Å². The first-order chi connectivity index (χ1) is 4.63. The molecule has 1 aliphatic carbocycles. The van der Waals surface area contributed by atoms with Crippen LogP contribution in [-0.2, 0) is 4.79 Å². The Hall–Kier alpha value is -0.670. The number of carbonyl (C=O) groups is 1. The average molecular weight is 150 g/mol. The van der Waals surface area contributed by atoms with Crippen molar-refractivity contribution in [3.8, 4) is 0 Å². The molecule has 0 aromatic carbocycles. The Morgan fingerprint density at radius 2 is 2.00 bits per heavy atom. The molecule has 58 valence electrons. The Morgan fingerprint density at radius 1 is 1.50 bits per heavy atom. The van der Waals surface area contributed by atoms with Gasteiger partial charge in [0.25, 0.3) is 6.43 Å². The fourth-order valence-corrected chi connectivity index (χ4v) is 0.970. The summed E-state index contributed by atoms with van der Waals surface area (Å²) in [5.41, 5.74) is 0. The van der Waals surface area contributed by atoms with Gasteiger partial charge in [-0.25, -0.2) is 8.78 Å². The minimum Gasteiger partial charge on any atom is -0.481 e. The van der Waals surface area contributed by atoms with Gasteiger partial charge in [0, 0.05) is 0 Å². The van der Waals surface area contributed by atoms with Crippen LogP contribution in [0, 0.1) is 11.8 Å². The van der Waals surface area contributed by atoms with Crippen molar-refractivity contribution in [1.29, 1.82) is 0 Å². The summed E-state index contributed by atoms with van der Waals surface area (Å²) in [4.78, 5) is 10.1. The van der Waals surface area contributed by atoms with Gasteiger partial charge >= 0.3 is 5.97 Å². The molecule has 0 heterocycles. The maximum absolute atomic E-state index is 11.9. The van der Waals surface area contributed by atoms with E-state index >= 15 is 0 Å². The van der Waals surface area contributed by atoms with Gasteiger partial charge in [-0.15, -0.1) is 0 Å². The molecule has 0 aliphatic heterocycles. The number of aliphatic carboxylic acids is 1. The number of hydrogen-bond donors (Lipinski definition) is 1. The third-order valence-electron chi connectivity index (χ3n) is 1.69. The number of rotatable bonds is 3. The number of hydrogen-bond acceptors (Lipinski definition) is 1. The zero-order chi connectivity index (χ0) is 7.72. The second-order valence-electron chi connectivity index (χ2n) is 2.54. The molecule has 10 heavy (non-hydrogen) atoms. The molecule has 0 radical (unpaired) electrons. The Bertz CT molecular complexity index is 141. The molecule has 1 unspecified atom stereocenters. The molecule has 0 aromatic heterocycles. The van der Waals surface area contributed by atoms with E-state index in [1.807, 2.05) is 0 Å². The summed E-state index contributed by atoms with van der Waals surface area (Å²) in [6.07, 6.45) is -1.42. The molecule has 1 aliphatic rings. The van der Waals surface area contributed by atoms with Gasteiger partial charge in [0.1, 0.15) is 5.92 Å². The zero-order valence-electron chi connectivity index (χ0n) is 5.26. The normalized spacial score (nSPS) is 21.1. The largest absolute Gasteiger partial charge is 0.481 e. The van der Waals surface area contributed by atoms with Gasteiger partial charge in [0.05, 0.1) is 0 Å². The molecule has 1 fully saturated rings. The summed E-state index contributed by atoms with van der Waals surface area (Å²) < 4.78 is 23.7. The quantitative estimate of drug-likeness (QED) is 0.659. The van der Waals surface area contributed by atoms with Crippen LogP contribution in [0.4, 0.5) is 8.78 Å². The minimum absolute atomic E-state index is 0.266. The first-order valence-electron chi connectivity index (χ1n) is 3.14. The van der Waals surface area contributed by atoms with Crippen molar-refractivity contribution in [3.63, 3.8) is 0 Å². The van der Waals surface area contributed by atoms with Crippen molar-refractivity contribution in [2.45, 2.75) is 19.3 Å². The number of halogens is 2. The van der Waals surface area contributed by atoms with Crippen molar-refractivity contribution >= 4 is 5.97 Å². The fourth-order valence-electron chi connectivity index (χ4n) is 0.970. The Labute approximate surface area is 56.8 Å². The van der Waals surface area contributed by atoms with Crippen LogP contribution in [0.5, 0.6) is 0 Å². The van der Waals surface area contributed by atoms with Gasteiger partial charge in [-0.3, -0.25) is 4.79 Å². The van der Waals surface area contributed by atoms with Gasteiger partial charge < -0.3 is 5.11 Å². The molecule has 0 amide bonds. The van der Waals surface area contributed by atoms with Gasteiger partial charge in [-0.05, 0) is 18.8 Å². The maximum Gasteiger partial charge on any atom is 0.312 e. The van der Waals surface area contributed by atoms with Crippen molar-refractivity contribution in [2.24, 2.45) is 11.8 Å². The lowest BCUT2D eigenvalue weighted by molar-refractivity contribution is -0.148. The van der Waals surface area contributed by atoms with Crippen LogP contribution in [0.15, 0.2) is 0 Å². The van der Waals surface area contributed by atoms with Gasteiger partial charge in [0.15, 0.2) is 0 Å². The summed E-state index contributed by atoms with van der Waals surface area (Å²) in [7, 11) is 0. The van der Waals surface area contributed by atoms with Crippen LogP contribution in [0.1, 0.15) is 12.8 Å². The van der Waals surface area contributed by atoms with Crippen LogP contribution >= 0.6 is 0 Å². The summed E-state index contributed by atoms with van der Waals surface area (Å²) in [5, 5.41) is 8.27. The van der Waals surface area contributed by atoms with E-state index in [2.05, 4.69) is 0 Å². The van der Waals surface area contributed by atoms with Crippen LogP contribution in [-0.4, -0.2) is 17.5 Å². The Kier molecular flexibility index (Phi) is 1.87. The van der Waals surface area contributed by atoms with E-state index in [0.29, 0.717) is 12.8 Å². The van der Waals surface area contributed by atoms with Crippen molar-refractivity contribution < 1.29 is 18.7 Å². The minimum atomic E-state index is -2.70. The zero-order valence-corrected chi connectivity index (χ0v) is 5.26. The molecule has 2 nitrogen and oxygen atoms in total. The Balaban J connectivity index is 2.49. The lowest BCUT2D eigenvalue weighted by Crippen LogP contribution is -2.23. The fraction of sp³-hybridized carbons (Fsp3) is 0.833. The molecule has 0 bridgehead atoms. The number of carboxylic acid groups (broad SMARTS) is 1.